The maximum atomic E-state index is 12.9. The smallest absolute Gasteiger partial charge is 0.265 e. The van der Waals surface area contributed by atoms with Gasteiger partial charge in [-0.1, -0.05) is 18.2 Å². The molecule has 5 nitrogen and oxygen atoms in total. The van der Waals surface area contributed by atoms with E-state index in [1.54, 1.807) is 12.1 Å². The van der Waals surface area contributed by atoms with Gasteiger partial charge in [-0.25, -0.2) is 9.40 Å². The molecule has 1 aliphatic rings. The minimum atomic E-state index is -1.00. The summed E-state index contributed by atoms with van der Waals surface area (Å²) in [5.74, 6) is -2.32. The lowest BCUT2D eigenvalue weighted by Crippen LogP contribution is -2.34. The van der Waals surface area contributed by atoms with Gasteiger partial charge in [-0.2, -0.15) is 5.10 Å². The number of para-hydroxylation sites is 1. The first kappa shape index (κ1) is 14.9. The maximum Gasteiger partial charge on any atom is 0.265 e. The van der Waals surface area contributed by atoms with Gasteiger partial charge in [0.2, 0.25) is 5.91 Å². The molecule has 1 atom stereocenters. The highest BCUT2D eigenvalue weighted by Crippen LogP contribution is 2.22. The van der Waals surface area contributed by atoms with Crippen molar-refractivity contribution in [2.24, 2.45) is 11.0 Å². The van der Waals surface area contributed by atoms with Crippen molar-refractivity contribution in [3.05, 3.63) is 59.9 Å². The lowest BCUT2D eigenvalue weighted by Gasteiger charge is -2.14. The average Bonchev–Trinajstić information content (AvgIpc) is 2.92. The number of hydrogen-bond donors (Lipinski definition) is 1. The number of halogens is 1. The van der Waals surface area contributed by atoms with Crippen LogP contribution >= 0.6 is 0 Å². The number of hydrogen-bond acceptors (Lipinski definition) is 3. The largest absolute Gasteiger partial charge is 0.325 e. The number of rotatable bonds is 3. The van der Waals surface area contributed by atoms with Crippen molar-refractivity contribution in [3.8, 4) is 0 Å². The summed E-state index contributed by atoms with van der Waals surface area (Å²) >= 11 is 0. The number of hydrazone groups is 1. The zero-order valence-corrected chi connectivity index (χ0v) is 12.4. The quantitative estimate of drug-likeness (QED) is 0.886. The third-order valence-electron chi connectivity index (χ3n) is 3.56. The van der Waals surface area contributed by atoms with E-state index in [1.165, 1.54) is 30.5 Å². The van der Waals surface area contributed by atoms with Crippen LogP contribution in [0, 0.1) is 18.7 Å². The lowest BCUT2D eigenvalue weighted by molar-refractivity contribution is -0.127. The molecule has 0 saturated carbocycles. The highest BCUT2D eigenvalue weighted by molar-refractivity contribution is 6.23. The molecular weight excluding hydrogens is 297 g/mol. The molecular formula is C17H14FN3O2. The van der Waals surface area contributed by atoms with Gasteiger partial charge >= 0.3 is 0 Å². The molecule has 0 aliphatic carbocycles. The Kier molecular flexibility index (Phi) is 3.89. The summed E-state index contributed by atoms with van der Waals surface area (Å²) in [6.07, 6.45) is 1.29. The molecule has 0 aromatic heterocycles. The van der Waals surface area contributed by atoms with Gasteiger partial charge in [-0.05, 0) is 42.8 Å². The summed E-state index contributed by atoms with van der Waals surface area (Å²) in [6.45, 7) is 1.87. The van der Waals surface area contributed by atoms with Crippen molar-refractivity contribution >= 4 is 29.4 Å². The van der Waals surface area contributed by atoms with Crippen LogP contribution in [-0.4, -0.2) is 18.0 Å². The molecule has 0 fully saturated rings. The van der Waals surface area contributed by atoms with E-state index in [9.17, 15) is 14.0 Å². The third kappa shape index (κ3) is 2.96. The Hall–Kier alpha value is -3.02. The van der Waals surface area contributed by atoms with Crippen molar-refractivity contribution in [1.29, 1.82) is 0 Å². The number of nitrogens with zero attached hydrogens (tertiary/aromatic N) is 2. The Balaban J connectivity index is 1.74. The fourth-order valence-corrected chi connectivity index (χ4v) is 2.27. The lowest BCUT2D eigenvalue weighted by atomic mass is 10.1. The predicted octanol–water partition coefficient (Wildman–Crippen LogP) is 2.72. The zero-order chi connectivity index (χ0) is 16.4. The summed E-state index contributed by atoms with van der Waals surface area (Å²) in [7, 11) is 0. The van der Waals surface area contributed by atoms with Crippen LogP contribution in [0.15, 0.2) is 53.6 Å². The van der Waals surface area contributed by atoms with Crippen LogP contribution in [0.4, 0.5) is 15.8 Å². The Morgan fingerprint density at radius 2 is 1.87 bits per heavy atom. The fourth-order valence-electron chi connectivity index (χ4n) is 2.27. The molecule has 23 heavy (non-hydrogen) atoms. The van der Waals surface area contributed by atoms with Gasteiger partial charge in [0, 0.05) is 11.9 Å². The Bertz CT molecular complexity index is 787. The number of benzene rings is 2. The first-order valence-corrected chi connectivity index (χ1v) is 7.06. The van der Waals surface area contributed by atoms with Gasteiger partial charge in [0.15, 0.2) is 5.92 Å². The Morgan fingerprint density at radius 3 is 2.57 bits per heavy atom. The van der Waals surface area contributed by atoms with Crippen molar-refractivity contribution in [2.45, 2.75) is 6.92 Å². The molecule has 2 amide bonds. The molecule has 3 rings (SSSR count). The summed E-state index contributed by atoms with van der Waals surface area (Å²) in [5, 5.41) is 7.78. The fraction of sp³-hybridized carbons (Fsp3) is 0.118. The van der Waals surface area contributed by atoms with Crippen molar-refractivity contribution in [1.82, 2.24) is 0 Å². The van der Waals surface area contributed by atoms with Crippen LogP contribution in [0.2, 0.25) is 0 Å². The SMILES string of the molecule is Cc1ccccc1NC(=O)[C@H]1C=NN(c2ccc(F)cc2)C1=O. The number of carbonyl (C=O) groups is 2. The van der Waals surface area contributed by atoms with Gasteiger partial charge in [-0.15, -0.1) is 0 Å². The monoisotopic (exact) mass is 311 g/mol. The topological polar surface area (TPSA) is 61.8 Å². The van der Waals surface area contributed by atoms with Crippen LogP contribution in [0.25, 0.3) is 0 Å². The zero-order valence-electron chi connectivity index (χ0n) is 12.4. The van der Waals surface area contributed by atoms with Crippen LogP contribution in [-0.2, 0) is 9.59 Å². The number of nitrogens with one attached hydrogen (secondary N) is 1. The Labute approximate surface area is 132 Å². The first-order valence-electron chi connectivity index (χ1n) is 7.06. The van der Waals surface area contributed by atoms with Crippen molar-refractivity contribution in [2.75, 3.05) is 10.3 Å². The van der Waals surface area contributed by atoms with E-state index in [0.29, 0.717) is 11.4 Å². The van der Waals surface area contributed by atoms with E-state index < -0.39 is 23.5 Å². The molecule has 0 spiro atoms. The second kappa shape index (κ2) is 6.00. The van der Waals surface area contributed by atoms with Gasteiger partial charge in [0.05, 0.1) is 5.69 Å². The molecule has 0 unspecified atom stereocenters. The third-order valence-corrected chi connectivity index (χ3v) is 3.56. The number of amides is 2. The van der Waals surface area contributed by atoms with Gasteiger partial charge in [0.1, 0.15) is 5.82 Å². The van der Waals surface area contributed by atoms with E-state index in [2.05, 4.69) is 10.4 Å². The second-order valence-corrected chi connectivity index (χ2v) is 5.17. The molecule has 0 bridgehead atoms. The molecule has 6 heteroatoms. The minimum absolute atomic E-state index is 0.404. The highest BCUT2D eigenvalue weighted by Gasteiger charge is 2.35. The molecule has 2 aromatic carbocycles. The van der Waals surface area contributed by atoms with Crippen molar-refractivity contribution in [3.63, 3.8) is 0 Å². The number of carbonyl (C=O) groups excluding carboxylic acids is 2. The highest BCUT2D eigenvalue weighted by atomic mass is 19.1. The predicted molar refractivity (Wildman–Crippen MR) is 85.7 cm³/mol. The van der Waals surface area contributed by atoms with Gasteiger partial charge in [0.25, 0.3) is 5.91 Å². The normalized spacial score (nSPS) is 16.7. The summed E-state index contributed by atoms with van der Waals surface area (Å²) in [5.41, 5.74) is 1.97. The number of aryl methyl sites for hydroxylation is 1. The minimum Gasteiger partial charge on any atom is -0.325 e. The molecule has 116 valence electrons. The summed E-state index contributed by atoms with van der Waals surface area (Å²) in [6, 6.07) is 12.6. The maximum absolute atomic E-state index is 12.9. The molecule has 2 aromatic rings. The average molecular weight is 311 g/mol. The van der Waals surface area contributed by atoms with E-state index in [4.69, 9.17) is 0 Å². The first-order chi connectivity index (χ1) is 11.1. The van der Waals surface area contributed by atoms with Gasteiger partial charge in [-0.3, -0.25) is 9.59 Å². The van der Waals surface area contributed by atoms with E-state index in [1.807, 2.05) is 19.1 Å². The number of anilines is 2. The summed E-state index contributed by atoms with van der Waals surface area (Å²) in [4.78, 5) is 24.7. The molecule has 1 N–H and O–H groups in total. The van der Waals surface area contributed by atoms with Crippen LogP contribution in [0.5, 0.6) is 0 Å². The molecule has 0 saturated heterocycles. The molecule has 1 heterocycles. The van der Waals surface area contributed by atoms with E-state index >= 15 is 0 Å². The second-order valence-electron chi connectivity index (χ2n) is 5.17. The van der Waals surface area contributed by atoms with Crippen LogP contribution in [0.1, 0.15) is 5.56 Å². The van der Waals surface area contributed by atoms with Gasteiger partial charge < -0.3 is 5.32 Å². The Morgan fingerprint density at radius 1 is 1.17 bits per heavy atom. The molecule has 0 radical (unpaired) electrons. The van der Waals surface area contributed by atoms with E-state index in [0.717, 1.165) is 10.6 Å². The molecule has 1 aliphatic heterocycles. The van der Waals surface area contributed by atoms with E-state index in [-0.39, 0.29) is 0 Å². The summed E-state index contributed by atoms with van der Waals surface area (Å²) < 4.78 is 12.9. The standard InChI is InChI=1S/C17H14FN3O2/c1-11-4-2-3-5-15(11)20-16(22)14-10-19-21(17(14)23)13-8-6-12(18)7-9-13/h2-10,14H,1H3,(H,20,22)/t14-/m1/s1. The van der Waals surface area contributed by atoms with Crippen LogP contribution in [0.3, 0.4) is 0 Å². The van der Waals surface area contributed by atoms with Crippen molar-refractivity contribution < 1.29 is 14.0 Å². The van der Waals surface area contributed by atoms with Crippen LogP contribution < -0.4 is 10.3 Å².